The minimum atomic E-state index is -0.992. The quantitative estimate of drug-likeness (QED) is 0.458. The first-order chi connectivity index (χ1) is 11.8. The Morgan fingerprint density at radius 1 is 1.24 bits per heavy atom. The Morgan fingerprint density at radius 3 is 2.44 bits per heavy atom. The summed E-state index contributed by atoms with van der Waals surface area (Å²) in [5.41, 5.74) is -0.714. The number of allylic oxidation sites excluding steroid dienone is 2. The second-order valence-corrected chi connectivity index (χ2v) is 5.78. The molecule has 0 aliphatic heterocycles. The average Bonchev–Trinajstić information content (AvgIpc) is 2.97. The predicted octanol–water partition coefficient (Wildman–Crippen LogP) is 2.75. The third-order valence-electron chi connectivity index (χ3n) is 2.88. The number of amides is 1. The number of aromatic nitrogens is 2. The topological polar surface area (TPSA) is 105 Å². The standard InChI is InChI=1S/C15H13F2N3O4S/c1-7(21)13(8(2)22)25-15-20-19-11(24-15)6-18-14(23)12-9(16)4-3-5-10(12)17/h3-5,21H,6H2,1-2H3,(H,18,23)/b13-7+. The maximum Gasteiger partial charge on any atom is 0.281 e. The van der Waals surface area contributed by atoms with Crippen LogP contribution in [0.4, 0.5) is 8.78 Å². The van der Waals surface area contributed by atoms with E-state index in [2.05, 4.69) is 15.5 Å². The summed E-state index contributed by atoms with van der Waals surface area (Å²) in [5, 5.41) is 19.0. The number of hydrogen-bond donors (Lipinski definition) is 2. The molecule has 2 aromatic rings. The predicted molar refractivity (Wildman–Crippen MR) is 83.7 cm³/mol. The van der Waals surface area contributed by atoms with Gasteiger partial charge < -0.3 is 14.8 Å². The first kappa shape index (κ1) is 18.6. The molecule has 0 bridgehead atoms. The van der Waals surface area contributed by atoms with Crippen molar-refractivity contribution in [1.29, 1.82) is 0 Å². The molecule has 1 aromatic carbocycles. The average molecular weight is 369 g/mol. The summed E-state index contributed by atoms with van der Waals surface area (Å²) in [6.45, 7) is 2.34. The molecular weight excluding hydrogens is 356 g/mol. The second-order valence-electron chi connectivity index (χ2n) is 4.81. The van der Waals surface area contributed by atoms with Gasteiger partial charge in [-0.15, -0.1) is 10.2 Å². The summed E-state index contributed by atoms with van der Waals surface area (Å²) < 4.78 is 32.2. The van der Waals surface area contributed by atoms with Gasteiger partial charge in [-0.25, -0.2) is 8.78 Å². The molecule has 0 radical (unpaired) electrons. The van der Waals surface area contributed by atoms with Gasteiger partial charge in [0.25, 0.3) is 11.1 Å². The molecule has 10 heteroatoms. The van der Waals surface area contributed by atoms with Gasteiger partial charge in [-0.3, -0.25) is 9.59 Å². The van der Waals surface area contributed by atoms with Crippen molar-refractivity contribution < 1.29 is 27.9 Å². The lowest BCUT2D eigenvalue weighted by molar-refractivity contribution is -0.113. The highest BCUT2D eigenvalue weighted by molar-refractivity contribution is 8.03. The Kier molecular flexibility index (Phi) is 5.86. The molecule has 7 nitrogen and oxygen atoms in total. The molecule has 0 saturated heterocycles. The molecular formula is C15H13F2N3O4S. The van der Waals surface area contributed by atoms with Gasteiger partial charge in [0.2, 0.25) is 5.89 Å². The van der Waals surface area contributed by atoms with Crippen LogP contribution in [-0.4, -0.2) is 27.0 Å². The Hall–Kier alpha value is -2.75. The lowest BCUT2D eigenvalue weighted by Crippen LogP contribution is -2.25. The summed E-state index contributed by atoms with van der Waals surface area (Å²) in [7, 11) is 0. The van der Waals surface area contributed by atoms with Gasteiger partial charge in [-0.2, -0.15) is 0 Å². The zero-order valence-corrected chi connectivity index (χ0v) is 14.0. The van der Waals surface area contributed by atoms with E-state index in [0.717, 1.165) is 30.0 Å². The van der Waals surface area contributed by atoms with E-state index in [1.807, 2.05) is 0 Å². The fourth-order valence-electron chi connectivity index (χ4n) is 1.80. The maximum atomic E-state index is 13.5. The lowest BCUT2D eigenvalue weighted by atomic mass is 10.2. The summed E-state index contributed by atoms with van der Waals surface area (Å²) in [6, 6.07) is 3.07. The number of thioether (sulfide) groups is 1. The SMILES string of the molecule is CC(=O)/C(Sc1nnc(CNC(=O)c2c(F)cccc2F)o1)=C(/C)O. The van der Waals surface area contributed by atoms with Gasteiger partial charge in [0.05, 0.1) is 11.4 Å². The third-order valence-corrected chi connectivity index (χ3v) is 4.00. The number of carbonyl (C=O) groups is 2. The van der Waals surface area contributed by atoms with Crippen LogP contribution < -0.4 is 5.32 Å². The number of aliphatic hydroxyl groups is 1. The van der Waals surface area contributed by atoms with E-state index in [1.165, 1.54) is 13.8 Å². The Morgan fingerprint density at radius 2 is 1.88 bits per heavy atom. The van der Waals surface area contributed by atoms with Crippen LogP contribution in [-0.2, 0) is 11.3 Å². The first-order valence-corrected chi connectivity index (χ1v) is 7.74. The van der Waals surface area contributed by atoms with Crippen molar-refractivity contribution in [2.45, 2.75) is 25.6 Å². The molecule has 0 saturated carbocycles. The summed E-state index contributed by atoms with van der Waals surface area (Å²) >= 11 is 0.768. The highest BCUT2D eigenvalue weighted by Gasteiger charge is 2.19. The van der Waals surface area contributed by atoms with Crippen molar-refractivity contribution in [1.82, 2.24) is 15.5 Å². The summed E-state index contributed by atoms with van der Waals surface area (Å²) in [4.78, 5) is 23.3. The molecule has 2 rings (SSSR count). The van der Waals surface area contributed by atoms with Crippen molar-refractivity contribution in [3.8, 4) is 0 Å². The number of aliphatic hydroxyl groups excluding tert-OH is 1. The summed E-state index contributed by atoms with van der Waals surface area (Å²) in [5.74, 6) is -3.57. The molecule has 0 aliphatic rings. The van der Waals surface area contributed by atoms with Crippen LogP contribution in [0.3, 0.4) is 0 Å². The molecule has 2 N–H and O–H groups in total. The second kappa shape index (κ2) is 7.88. The van der Waals surface area contributed by atoms with Crippen LogP contribution in [0, 0.1) is 11.6 Å². The van der Waals surface area contributed by atoms with E-state index in [0.29, 0.717) is 0 Å². The summed E-state index contributed by atoms with van der Waals surface area (Å²) in [6.07, 6.45) is 0. The van der Waals surface area contributed by atoms with Crippen molar-refractivity contribution in [3.05, 3.63) is 52.0 Å². The number of nitrogens with zero attached hydrogens (tertiary/aromatic N) is 2. The number of hydrogen-bond acceptors (Lipinski definition) is 7. The van der Waals surface area contributed by atoms with Crippen LogP contribution in [0.5, 0.6) is 0 Å². The van der Waals surface area contributed by atoms with E-state index in [4.69, 9.17) is 4.42 Å². The van der Waals surface area contributed by atoms with Crippen LogP contribution in [0.15, 0.2) is 38.5 Å². The van der Waals surface area contributed by atoms with Crippen LogP contribution in [0.2, 0.25) is 0 Å². The minimum Gasteiger partial charge on any atom is -0.511 e. The van der Waals surface area contributed by atoms with Gasteiger partial charge in [0.1, 0.15) is 23.0 Å². The van der Waals surface area contributed by atoms with Crippen molar-refractivity contribution in [3.63, 3.8) is 0 Å². The van der Waals surface area contributed by atoms with Crippen molar-refractivity contribution in [2.24, 2.45) is 0 Å². The van der Waals surface area contributed by atoms with E-state index in [-0.39, 0.29) is 34.1 Å². The Labute approximate surface area is 145 Å². The number of nitrogens with one attached hydrogen (secondary N) is 1. The van der Waals surface area contributed by atoms with Gasteiger partial charge in [-0.05, 0) is 37.7 Å². The van der Waals surface area contributed by atoms with Gasteiger partial charge in [0.15, 0.2) is 5.78 Å². The number of rotatable bonds is 6. The smallest absolute Gasteiger partial charge is 0.281 e. The molecule has 1 aromatic heterocycles. The van der Waals surface area contributed by atoms with Crippen LogP contribution in [0.1, 0.15) is 30.1 Å². The maximum absolute atomic E-state index is 13.5. The lowest BCUT2D eigenvalue weighted by Gasteiger charge is -2.04. The molecule has 0 aliphatic carbocycles. The molecule has 0 fully saturated rings. The first-order valence-electron chi connectivity index (χ1n) is 6.92. The number of Topliss-reactive ketones (excluding diaryl/α,β-unsaturated/α-hetero) is 1. The molecule has 1 heterocycles. The molecule has 0 spiro atoms. The number of ketones is 1. The Balaban J connectivity index is 2.04. The molecule has 0 atom stereocenters. The van der Waals surface area contributed by atoms with Gasteiger partial charge in [0, 0.05) is 0 Å². The zero-order valence-electron chi connectivity index (χ0n) is 13.2. The van der Waals surface area contributed by atoms with Gasteiger partial charge in [-0.1, -0.05) is 6.07 Å². The zero-order chi connectivity index (χ0) is 18.6. The fourth-order valence-corrected chi connectivity index (χ4v) is 2.48. The molecule has 25 heavy (non-hydrogen) atoms. The minimum absolute atomic E-state index is 0.0279. The van der Waals surface area contributed by atoms with E-state index < -0.39 is 23.1 Å². The highest BCUT2D eigenvalue weighted by atomic mass is 32.2. The molecule has 132 valence electrons. The van der Waals surface area contributed by atoms with E-state index in [9.17, 15) is 23.5 Å². The van der Waals surface area contributed by atoms with Crippen LogP contribution in [0.25, 0.3) is 0 Å². The van der Waals surface area contributed by atoms with Crippen molar-refractivity contribution >= 4 is 23.5 Å². The number of halogens is 2. The number of carbonyl (C=O) groups excluding carboxylic acids is 2. The van der Waals surface area contributed by atoms with E-state index >= 15 is 0 Å². The van der Waals surface area contributed by atoms with Crippen molar-refractivity contribution in [2.75, 3.05) is 0 Å². The molecule has 0 unspecified atom stereocenters. The fraction of sp³-hybridized carbons (Fsp3) is 0.200. The van der Waals surface area contributed by atoms with E-state index in [1.54, 1.807) is 0 Å². The normalized spacial score (nSPS) is 11.8. The molecule has 1 amide bonds. The van der Waals surface area contributed by atoms with Crippen LogP contribution >= 0.6 is 11.8 Å². The largest absolute Gasteiger partial charge is 0.511 e. The van der Waals surface area contributed by atoms with Gasteiger partial charge >= 0.3 is 0 Å². The third kappa shape index (κ3) is 4.63. The Bertz CT molecular complexity index is 827. The monoisotopic (exact) mass is 369 g/mol. The number of benzene rings is 1. The highest BCUT2D eigenvalue weighted by Crippen LogP contribution is 2.27.